The lowest BCUT2D eigenvalue weighted by Crippen LogP contribution is -2.14. The number of hydrogen-bond donors (Lipinski definition) is 2. The molecule has 18 heavy (non-hydrogen) atoms. The Balaban J connectivity index is 2.24. The fraction of sp³-hybridized carbons (Fsp3) is 0.167. The van der Waals surface area contributed by atoms with Gasteiger partial charge in [0.15, 0.2) is 0 Å². The molecule has 0 bridgehead atoms. The van der Waals surface area contributed by atoms with Crippen LogP contribution in [0.1, 0.15) is 18.5 Å². The smallest absolute Gasteiger partial charge is 0.285 e. The van der Waals surface area contributed by atoms with Crippen LogP contribution >= 0.6 is 11.6 Å². The molecular formula is C12H11ClFN3O. The lowest BCUT2D eigenvalue weighted by Gasteiger charge is -2.15. The number of nitrogens with zero attached hydrogens (tertiary/aromatic N) is 1. The van der Waals surface area contributed by atoms with E-state index in [1.54, 1.807) is 12.1 Å². The molecule has 2 aromatic rings. The summed E-state index contributed by atoms with van der Waals surface area (Å²) >= 11 is 5.84. The monoisotopic (exact) mass is 267 g/mol. The molecule has 4 nitrogen and oxygen atoms in total. The van der Waals surface area contributed by atoms with Crippen LogP contribution in [0.4, 0.5) is 10.1 Å². The maximum atomic E-state index is 13.1. The second-order valence-corrected chi connectivity index (χ2v) is 4.23. The van der Waals surface area contributed by atoms with E-state index < -0.39 is 5.56 Å². The molecule has 1 atom stereocenters. The van der Waals surface area contributed by atoms with Crippen LogP contribution in [-0.2, 0) is 0 Å². The summed E-state index contributed by atoms with van der Waals surface area (Å²) in [6.07, 6.45) is 1.42. The summed E-state index contributed by atoms with van der Waals surface area (Å²) in [5.74, 6) is -0.309. The van der Waals surface area contributed by atoms with Crippen molar-refractivity contribution in [1.29, 1.82) is 0 Å². The van der Waals surface area contributed by atoms with Gasteiger partial charge in [-0.2, -0.15) is 5.10 Å². The van der Waals surface area contributed by atoms with E-state index >= 15 is 0 Å². The van der Waals surface area contributed by atoms with Crippen molar-refractivity contribution in [3.8, 4) is 0 Å². The van der Waals surface area contributed by atoms with E-state index in [1.807, 2.05) is 6.92 Å². The Morgan fingerprint density at radius 1 is 1.50 bits per heavy atom. The maximum Gasteiger partial charge on any atom is 0.285 e. The predicted molar refractivity (Wildman–Crippen MR) is 68.3 cm³/mol. The van der Waals surface area contributed by atoms with Crippen molar-refractivity contribution >= 4 is 17.3 Å². The quantitative estimate of drug-likeness (QED) is 0.899. The average Bonchev–Trinajstić information content (AvgIpc) is 2.35. The van der Waals surface area contributed by atoms with Crippen LogP contribution in [0.2, 0.25) is 5.02 Å². The van der Waals surface area contributed by atoms with Crippen molar-refractivity contribution < 1.29 is 4.39 Å². The van der Waals surface area contributed by atoms with Crippen LogP contribution < -0.4 is 10.9 Å². The van der Waals surface area contributed by atoms with Crippen molar-refractivity contribution in [3.05, 3.63) is 57.2 Å². The van der Waals surface area contributed by atoms with Gasteiger partial charge in [0, 0.05) is 6.04 Å². The molecule has 94 valence electrons. The van der Waals surface area contributed by atoms with Gasteiger partial charge in [-0.25, -0.2) is 9.49 Å². The molecule has 1 heterocycles. The summed E-state index contributed by atoms with van der Waals surface area (Å²) < 4.78 is 13.1. The van der Waals surface area contributed by atoms with Crippen molar-refractivity contribution in [2.45, 2.75) is 13.0 Å². The first-order chi connectivity index (χ1) is 8.58. The second-order valence-electron chi connectivity index (χ2n) is 3.85. The third-order valence-corrected chi connectivity index (χ3v) is 2.89. The Kier molecular flexibility index (Phi) is 3.62. The van der Waals surface area contributed by atoms with E-state index in [-0.39, 0.29) is 16.9 Å². The number of hydrogen-bond acceptors (Lipinski definition) is 3. The standard InChI is InChI=1S/C12H11ClFN3O/c1-7(8-3-2-4-9(14)5-8)16-10-6-15-17-12(18)11(10)13/h2-7H,1H3,(H2,16,17,18). The minimum atomic E-state index is -0.465. The lowest BCUT2D eigenvalue weighted by atomic mass is 10.1. The summed E-state index contributed by atoms with van der Waals surface area (Å²) in [6.45, 7) is 1.84. The molecule has 1 unspecified atom stereocenters. The Labute approximate surface area is 108 Å². The second kappa shape index (κ2) is 5.18. The van der Waals surface area contributed by atoms with Crippen LogP contribution in [0.5, 0.6) is 0 Å². The zero-order chi connectivity index (χ0) is 13.1. The largest absolute Gasteiger partial charge is 0.376 e. The fourth-order valence-corrected chi connectivity index (χ4v) is 1.72. The Morgan fingerprint density at radius 3 is 3.00 bits per heavy atom. The molecule has 2 N–H and O–H groups in total. The van der Waals surface area contributed by atoms with Crippen LogP contribution in [-0.4, -0.2) is 10.2 Å². The number of halogens is 2. The molecule has 0 saturated heterocycles. The van der Waals surface area contributed by atoms with Crippen molar-refractivity contribution in [2.24, 2.45) is 0 Å². The summed E-state index contributed by atoms with van der Waals surface area (Å²) in [7, 11) is 0. The van der Waals surface area contributed by atoms with E-state index in [1.165, 1.54) is 18.3 Å². The summed E-state index contributed by atoms with van der Waals surface area (Å²) in [5.41, 5.74) is 0.705. The molecule has 1 aromatic carbocycles. The number of benzene rings is 1. The highest BCUT2D eigenvalue weighted by Gasteiger charge is 2.10. The van der Waals surface area contributed by atoms with Gasteiger partial charge in [-0.05, 0) is 24.6 Å². The van der Waals surface area contributed by atoms with Gasteiger partial charge in [0.25, 0.3) is 5.56 Å². The highest BCUT2D eigenvalue weighted by molar-refractivity contribution is 6.32. The molecular weight excluding hydrogens is 257 g/mol. The number of rotatable bonds is 3. The van der Waals surface area contributed by atoms with Crippen molar-refractivity contribution in [3.63, 3.8) is 0 Å². The van der Waals surface area contributed by atoms with E-state index in [4.69, 9.17) is 11.6 Å². The van der Waals surface area contributed by atoms with Crippen molar-refractivity contribution in [1.82, 2.24) is 10.2 Å². The van der Waals surface area contributed by atoms with Crippen LogP contribution in [0.25, 0.3) is 0 Å². The molecule has 0 fully saturated rings. The SMILES string of the molecule is CC(Nc1cn[nH]c(=O)c1Cl)c1cccc(F)c1. The molecule has 0 aliphatic carbocycles. The molecule has 0 aliphatic heterocycles. The van der Waals surface area contributed by atoms with Crippen molar-refractivity contribution in [2.75, 3.05) is 5.32 Å². The fourth-order valence-electron chi connectivity index (χ4n) is 1.58. The predicted octanol–water partition coefficient (Wildman–Crippen LogP) is 2.74. The average molecular weight is 268 g/mol. The van der Waals surface area contributed by atoms with Gasteiger partial charge >= 0.3 is 0 Å². The Bertz CT molecular complexity index is 614. The Morgan fingerprint density at radius 2 is 2.28 bits per heavy atom. The molecule has 0 radical (unpaired) electrons. The zero-order valence-electron chi connectivity index (χ0n) is 9.58. The zero-order valence-corrected chi connectivity index (χ0v) is 10.3. The van der Waals surface area contributed by atoms with Crippen LogP contribution in [0.3, 0.4) is 0 Å². The van der Waals surface area contributed by atoms with Gasteiger partial charge in [0.2, 0.25) is 0 Å². The first kappa shape index (κ1) is 12.6. The minimum Gasteiger partial charge on any atom is -0.376 e. The molecule has 2 rings (SSSR count). The number of aromatic nitrogens is 2. The van der Waals surface area contributed by atoms with E-state index in [0.29, 0.717) is 5.69 Å². The van der Waals surface area contributed by atoms with Gasteiger partial charge < -0.3 is 5.32 Å². The normalized spacial score (nSPS) is 12.2. The van der Waals surface area contributed by atoms with E-state index in [0.717, 1.165) is 5.56 Å². The maximum absolute atomic E-state index is 13.1. The molecule has 6 heteroatoms. The molecule has 0 spiro atoms. The van der Waals surface area contributed by atoms with Gasteiger partial charge in [-0.1, -0.05) is 23.7 Å². The molecule has 0 saturated carbocycles. The molecule has 0 aliphatic rings. The third kappa shape index (κ3) is 2.68. The highest BCUT2D eigenvalue weighted by atomic mass is 35.5. The topological polar surface area (TPSA) is 57.8 Å². The Hall–Kier alpha value is -1.88. The lowest BCUT2D eigenvalue weighted by molar-refractivity contribution is 0.623. The number of anilines is 1. The van der Waals surface area contributed by atoms with Gasteiger partial charge in [-0.3, -0.25) is 4.79 Å². The number of aromatic amines is 1. The van der Waals surface area contributed by atoms with Crippen LogP contribution in [0, 0.1) is 5.82 Å². The third-order valence-electron chi connectivity index (χ3n) is 2.52. The van der Waals surface area contributed by atoms with Gasteiger partial charge in [0.1, 0.15) is 10.8 Å². The molecule has 1 aromatic heterocycles. The van der Waals surface area contributed by atoms with Gasteiger partial charge in [-0.15, -0.1) is 0 Å². The van der Waals surface area contributed by atoms with Gasteiger partial charge in [0.05, 0.1) is 11.9 Å². The van der Waals surface area contributed by atoms with E-state index in [2.05, 4.69) is 15.5 Å². The summed E-state index contributed by atoms with van der Waals surface area (Å²) in [6, 6.07) is 6.02. The highest BCUT2D eigenvalue weighted by Crippen LogP contribution is 2.22. The first-order valence-corrected chi connectivity index (χ1v) is 5.71. The van der Waals surface area contributed by atoms with E-state index in [9.17, 15) is 9.18 Å². The summed E-state index contributed by atoms with van der Waals surface area (Å²) in [4.78, 5) is 11.3. The molecule has 0 amide bonds. The minimum absolute atomic E-state index is 0.0354. The van der Waals surface area contributed by atoms with Crippen LogP contribution in [0.15, 0.2) is 35.3 Å². The number of H-pyrrole nitrogens is 1. The summed E-state index contributed by atoms with van der Waals surface area (Å²) in [5, 5.41) is 8.92. The number of nitrogens with one attached hydrogen (secondary N) is 2. The first-order valence-electron chi connectivity index (χ1n) is 5.33.